The highest BCUT2D eigenvalue weighted by atomic mass is 32.2. The third-order valence-corrected chi connectivity index (χ3v) is 6.55. The summed E-state index contributed by atoms with van der Waals surface area (Å²) in [4.78, 5) is 0.192. The molecule has 0 unspecified atom stereocenters. The van der Waals surface area contributed by atoms with Gasteiger partial charge < -0.3 is 4.42 Å². The molecule has 0 radical (unpaired) electrons. The lowest BCUT2D eigenvalue weighted by atomic mass is 9.84. The summed E-state index contributed by atoms with van der Waals surface area (Å²) >= 11 is 0. The first-order chi connectivity index (χ1) is 11.3. The van der Waals surface area contributed by atoms with E-state index < -0.39 is 21.5 Å². The molecule has 2 aromatic rings. The van der Waals surface area contributed by atoms with E-state index >= 15 is 0 Å². The molecule has 2 atom stereocenters. The molecular formula is C18H18N2O3S. The minimum atomic E-state index is -3.80. The molecule has 24 heavy (non-hydrogen) atoms. The van der Waals surface area contributed by atoms with Crippen LogP contribution in [0.2, 0.25) is 0 Å². The Morgan fingerprint density at radius 3 is 2.54 bits per heavy atom. The van der Waals surface area contributed by atoms with Crippen LogP contribution >= 0.6 is 0 Å². The van der Waals surface area contributed by atoms with Crippen molar-refractivity contribution in [2.75, 3.05) is 6.54 Å². The van der Waals surface area contributed by atoms with Gasteiger partial charge in [-0.3, -0.25) is 0 Å². The quantitative estimate of drug-likeness (QED) is 0.803. The van der Waals surface area contributed by atoms with E-state index in [4.69, 9.17) is 4.42 Å². The van der Waals surface area contributed by atoms with E-state index in [-0.39, 0.29) is 11.4 Å². The zero-order valence-corrected chi connectivity index (χ0v) is 14.4. The van der Waals surface area contributed by atoms with Crippen molar-refractivity contribution in [3.8, 4) is 6.07 Å². The van der Waals surface area contributed by atoms with Crippen LogP contribution in [0.15, 0.2) is 64.1 Å². The van der Waals surface area contributed by atoms with Crippen LogP contribution in [0.3, 0.4) is 0 Å². The Hall–Kier alpha value is -2.36. The molecule has 1 aromatic carbocycles. The standard InChI is InChI=1S/C18H18N2O3S/c1-13-6-8-15(9-7-13)24(21,22)20-12-14(2)16(11-19)18(20,3)17-5-4-10-23-17/h4-10,16H,2,12H2,1,3H3/t16-,18+/m1/s1. The Balaban J connectivity index is 2.17. The number of sulfonamides is 1. The second-order valence-electron chi connectivity index (χ2n) is 6.17. The summed E-state index contributed by atoms with van der Waals surface area (Å²) in [6, 6.07) is 12.2. The first-order valence-electron chi connectivity index (χ1n) is 7.52. The Kier molecular flexibility index (Phi) is 3.86. The number of aryl methyl sites for hydroxylation is 1. The van der Waals surface area contributed by atoms with Crippen molar-refractivity contribution in [2.45, 2.75) is 24.3 Å². The maximum Gasteiger partial charge on any atom is 0.244 e. The van der Waals surface area contributed by atoms with Crippen molar-refractivity contribution in [1.29, 1.82) is 5.26 Å². The normalized spacial score (nSPS) is 24.9. The molecule has 0 N–H and O–H groups in total. The van der Waals surface area contributed by atoms with Crippen LogP contribution in [0, 0.1) is 24.2 Å². The van der Waals surface area contributed by atoms with Gasteiger partial charge >= 0.3 is 0 Å². The van der Waals surface area contributed by atoms with E-state index in [1.165, 1.54) is 10.6 Å². The van der Waals surface area contributed by atoms with Gasteiger partial charge in [-0.25, -0.2) is 8.42 Å². The first-order valence-corrected chi connectivity index (χ1v) is 8.96. The van der Waals surface area contributed by atoms with Crippen LogP contribution in [0.25, 0.3) is 0 Å². The number of nitriles is 1. The highest BCUT2D eigenvalue weighted by Gasteiger charge is 2.55. The van der Waals surface area contributed by atoms with Crippen LogP contribution < -0.4 is 0 Å². The number of rotatable bonds is 3. The molecular weight excluding hydrogens is 324 g/mol. The second-order valence-corrected chi connectivity index (χ2v) is 8.03. The zero-order chi connectivity index (χ0) is 17.5. The fourth-order valence-corrected chi connectivity index (χ4v) is 4.97. The lowest BCUT2D eigenvalue weighted by Gasteiger charge is -2.34. The Morgan fingerprint density at radius 2 is 2.00 bits per heavy atom. The van der Waals surface area contributed by atoms with Gasteiger partial charge in [0, 0.05) is 6.54 Å². The van der Waals surface area contributed by atoms with Crippen LogP contribution in [0.1, 0.15) is 18.2 Å². The predicted octanol–water partition coefficient (Wildman–Crippen LogP) is 3.20. The number of nitrogens with zero attached hydrogens (tertiary/aromatic N) is 2. The van der Waals surface area contributed by atoms with Gasteiger partial charge in [-0.05, 0) is 43.7 Å². The van der Waals surface area contributed by atoms with Gasteiger partial charge in [0.15, 0.2) is 0 Å². The molecule has 2 heterocycles. The summed E-state index contributed by atoms with van der Waals surface area (Å²) in [6.07, 6.45) is 1.48. The average molecular weight is 342 g/mol. The molecule has 0 saturated carbocycles. The molecule has 124 valence electrons. The van der Waals surface area contributed by atoms with Gasteiger partial charge in [-0.15, -0.1) is 0 Å². The summed E-state index contributed by atoms with van der Waals surface area (Å²) in [5.74, 6) is -0.243. The fraction of sp³-hybridized carbons (Fsp3) is 0.278. The minimum Gasteiger partial charge on any atom is -0.467 e. The van der Waals surface area contributed by atoms with Gasteiger partial charge in [-0.1, -0.05) is 24.3 Å². The van der Waals surface area contributed by atoms with Crippen molar-refractivity contribution in [3.63, 3.8) is 0 Å². The first kappa shape index (κ1) is 16.5. The summed E-state index contributed by atoms with van der Waals surface area (Å²) in [5.41, 5.74) is 0.412. The molecule has 1 fully saturated rings. The minimum absolute atomic E-state index is 0.0889. The molecule has 0 bridgehead atoms. The maximum atomic E-state index is 13.2. The molecule has 1 saturated heterocycles. The highest BCUT2D eigenvalue weighted by Crippen LogP contribution is 2.47. The number of benzene rings is 1. The Labute approximate surface area is 141 Å². The van der Waals surface area contributed by atoms with Crippen molar-refractivity contribution in [2.24, 2.45) is 5.92 Å². The van der Waals surface area contributed by atoms with Gasteiger partial charge in [0.05, 0.1) is 23.1 Å². The molecule has 0 aliphatic carbocycles. The summed E-state index contributed by atoms with van der Waals surface area (Å²) < 4.78 is 33.2. The Bertz CT molecular complexity index is 908. The van der Waals surface area contributed by atoms with Crippen LogP contribution in [0.4, 0.5) is 0 Å². The number of hydrogen-bond donors (Lipinski definition) is 0. The summed E-state index contributed by atoms with van der Waals surface area (Å²) in [5, 5.41) is 9.59. The monoisotopic (exact) mass is 342 g/mol. The van der Waals surface area contributed by atoms with Gasteiger partial charge in [-0.2, -0.15) is 9.57 Å². The van der Waals surface area contributed by atoms with E-state index in [0.717, 1.165) is 5.56 Å². The summed E-state index contributed by atoms with van der Waals surface area (Å²) in [6.45, 7) is 7.61. The van der Waals surface area contributed by atoms with Crippen LogP contribution in [-0.2, 0) is 15.6 Å². The largest absolute Gasteiger partial charge is 0.467 e. The van der Waals surface area contributed by atoms with E-state index in [1.54, 1.807) is 43.3 Å². The average Bonchev–Trinajstić information content (AvgIpc) is 3.15. The van der Waals surface area contributed by atoms with E-state index in [0.29, 0.717) is 11.3 Å². The van der Waals surface area contributed by atoms with Crippen LogP contribution in [0.5, 0.6) is 0 Å². The molecule has 0 amide bonds. The van der Waals surface area contributed by atoms with Gasteiger partial charge in [0.2, 0.25) is 10.0 Å². The van der Waals surface area contributed by atoms with E-state index in [2.05, 4.69) is 12.6 Å². The van der Waals surface area contributed by atoms with E-state index in [1.807, 2.05) is 6.92 Å². The highest BCUT2D eigenvalue weighted by molar-refractivity contribution is 7.89. The molecule has 6 heteroatoms. The molecule has 1 aromatic heterocycles. The van der Waals surface area contributed by atoms with Crippen molar-refractivity contribution < 1.29 is 12.8 Å². The SMILES string of the molecule is C=C1CN(S(=O)(=O)c2ccc(C)cc2)[C@](C)(c2ccco2)[C@@H]1C#N. The maximum absolute atomic E-state index is 13.2. The topological polar surface area (TPSA) is 74.3 Å². The second kappa shape index (κ2) is 5.62. The van der Waals surface area contributed by atoms with Crippen LogP contribution in [-0.4, -0.2) is 19.3 Å². The third kappa shape index (κ3) is 2.29. The predicted molar refractivity (Wildman–Crippen MR) is 89.4 cm³/mol. The lowest BCUT2D eigenvalue weighted by molar-refractivity contribution is 0.197. The zero-order valence-electron chi connectivity index (χ0n) is 13.6. The molecule has 5 nitrogen and oxygen atoms in total. The van der Waals surface area contributed by atoms with Crippen molar-refractivity contribution >= 4 is 10.0 Å². The summed E-state index contributed by atoms with van der Waals surface area (Å²) in [7, 11) is -3.80. The third-order valence-electron chi connectivity index (χ3n) is 4.59. The fourth-order valence-electron chi connectivity index (χ4n) is 3.20. The smallest absolute Gasteiger partial charge is 0.244 e. The Morgan fingerprint density at radius 1 is 1.33 bits per heavy atom. The molecule has 1 aliphatic heterocycles. The molecule has 3 rings (SSSR count). The number of hydrogen-bond acceptors (Lipinski definition) is 4. The van der Waals surface area contributed by atoms with Crippen molar-refractivity contribution in [1.82, 2.24) is 4.31 Å². The van der Waals surface area contributed by atoms with Gasteiger partial charge in [0.1, 0.15) is 11.3 Å². The van der Waals surface area contributed by atoms with E-state index in [9.17, 15) is 13.7 Å². The molecule has 0 spiro atoms. The lowest BCUT2D eigenvalue weighted by Crippen LogP contribution is -2.45. The van der Waals surface area contributed by atoms with Crippen molar-refractivity contribution in [3.05, 3.63) is 66.1 Å². The number of furan rings is 1. The van der Waals surface area contributed by atoms with Gasteiger partial charge in [0.25, 0.3) is 0 Å². The molecule has 1 aliphatic rings.